The maximum Gasteiger partial charge on any atom is 0.203 e. The van der Waals surface area contributed by atoms with Gasteiger partial charge in [-0.1, -0.05) is 24.3 Å². The first kappa shape index (κ1) is 16.2. The lowest BCUT2D eigenvalue weighted by Gasteiger charge is -2.14. The Labute approximate surface area is 132 Å². The molecule has 0 saturated carbocycles. The van der Waals surface area contributed by atoms with Crippen molar-refractivity contribution in [2.45, 2.75) is 20.0 Å². The Balaban J connectivity index is 2.08. The van der Waals surface area contributed by atoms with Crippen LogP contribution in [0, 0.1) is 6.92 Å². The molecule has 0 aliphatic heterocycles. The van der Waals surface area contributed by atoms with Crippen LogP contribution in [0.2, 0.25) is 0 Å². The molecule has 0 aromatic heterocycles. The van der Waals surface area contributed by atoms with Crippen molar-refractivity contribution in [2.75, 3.05) is 21.3 Å². The third kappa shape index (κ3) is 3.71. The highest BCUT2D eigenvalue weighted by Crippen LogP contribution is 2.38. The molecule has 2 aromatic rings. The van der Waals surface area contributed by atoms with E-state index in [4.69, 9.17) is 14.2 Å². The van der Waals surface area contributed by atoms with Gasteiger partial charge in [-0.05, 0) is 35.7 Å². The Kier molecular flexibility index (Phi) is 5.67. The molecule has 0 aliphatic rings. The molecule has 2 rings (SSSR count). The first-order chi connectivity index (χ1) is 10.7. The SMILES string of the molecule is COc1cc(CNCc2ccccc2C)cc(OC)c1OC. The van der Waals surface area contributed by atoms with Gasteiger partial charge in [0.05, 0.1) is 21.3 Å². The zero-order valence-corrected chi connectivity index (χ0v) is 13.6. The summed E-state index contributed by atoms with van der Waals surface area (Å²) in [5.74, 6) is 1.97. The smallest absolute Gasteiger partial charge is 0.203 e. The average Bonchev–Trinajstić information content (AvgIpc) is 2.55. The monoisotopic (exact) mass is 301 g/mol. The fraction of sp³-hybridized carbons (Fsp3) is 0.333. The molecule has 0 radical (unpaired) electrons. The summed E-state index contributed by atoms with van der Waals surface area (Å²) in [5.41, 5.74) is 3.68. The molecular formula is C18H23NO3. The Morgan fingerprint density at radius 2 is 1.50 bits per heavy atom. The molecular weight excluding hydrogens is 278 g/mol. The second-order valence-electron chi connectivity index (χ2n) is 5.06. The lowest BCUT2D eigenvalue weighted by Crippen LogP contribution is -2.13. The summed E-state index contributed by atoms with van der Waals surface area (Å²) in [6.45, 7) is 3.67. The van der Waals surface area contributed by atoms with Gasteiger partial charge in [0, 0.05) is 13.1 Å². The summed E-state index contributed by atoms with van der Waals surface area (Å²) in [4.78, 5) is 0. The van der Waals surface area contributed by atoms with Gasteiger partial charge in [0.25, 0.3) is 0 Å². The van der Waals surface area contributed by atoms with E-state index < -0.39 is 0 Å². The summed E-state index contributed by atoms with van der Waals surface area (Å²) in [6, 6.07) is 12.3. The van der Waals surface area contributed by atoms with Crippen LogP contribution in [0.1, 0.15) is 16.7 Å². The number of ether oxygens (including phenoxy) is 3. The van der Waals surface area contributed by atoms with Gasteiger partial charge in [-0.25, -0.2) is 0 Å². The van der Waals surface area contributed by atoms with E-state index in [9.17, 15) is 0 Å². The van der Waals surface area contributed by atoms with E-state index in [1.807, 2.05) is 12.1 Å². The molecule has 1 N–H and O–H groups in total. The van der Waals surface area contributed by atoms with Crippen molar-refractivity contribution >= 4 is 0 Å². The van der Waals surface area contributed by atoms with Crippen molar-refractivity contribution in [1.29, 1.82) is 0 Å². The second-order valence-corrected chi connectivity index (χ2v) is 5.06. The molecule has 0 saturated heterocycles. The highest BCUT2D eigenvalue weighted by molar-refractivity contribution is 5.53. The van der Waals surface area contributed by atoms with Crippen molar-refractivity contribution in [1.82, 2.24) is 5.32 Å². The normalized spacial score (nSPS) is 10.4. The standard InChI is InChI=1S/C18H23NO3/c1-13-7-5-6-8-15(13)12-19-11-14-9-16(20-2)18(22-4)17(10-14)21-3/h5-10,19H,11-12H2,1-4H3. The Hall–Kier alpha value is -2.20. The molecule has 22 heavy (non-hydrogen) atoms. The molecule has 2 aromatic carbocycles. The summed E-state index contributed by atoms with van der Waals surface area (Å²) >= 11 is 0. The Morgan fingerprint density at radius 3 is 2.05 bits per heavy atom. The topological polar surface area (TPSA) is 39.7 Å². The number of benzene rings is 2. The molecule has 0 amide bonds. The quantitative estimate of drug-likeness (QED) is 0.851. The largest absolute Gasteiger partial charge is 0.493 e. The summed E-state index contributed by atoms with van der Waals surface area (Å²) in [6.07, 6.45) is 0. The van der Waals surface area contributed by atoms with Gasteiger partial charge in [-0.3, -0.25) is 0 Å². The predicted octanol–water partition coefficient (Wildman–Crippen LogP) is 3.31. The second kappa shape index (κ2) is 7.71. The summed E-state index contributed by atoms with van der Waals surface area (Å²) in [7, 11) is 4.86. The minimum Gasteiger partial charge on any atom is -0.493 e. The molecule has 4 heteroatoms. The van der Waals surface area contributed by atoms with E-state index in [0.717, 1.165) is 18.7 Å². The molecule has 0 bridgehead atoms. The van der Waals surface area contributed by atoms with Crippen molar-refractivity contribution in [3.8, 4) is 17.2 Å². The van der Waals surface area contributed by atoms with Gasteiger partial charge in [0.2, 0.25) is 5.75 Å². The molecule has 0 unspecified atom stereocenters. The lowest BCUT2D eigenvalue weighted by molar-refractivity contribution is 0.323. The molecule has 0 fully saturated rings. The zero-order chi connectivity index (χ0) is 15.9. The van der Waals surface area contributed by atoms with Gasteiger partial charge in [-0.15, -0.1) is 0 Å². The molecule has 4 nitrogen and oxygen atoms in total. The highest BCUT2D eigenvalue weighted by Gasteiger charge is 2.12. The molecule has 0 aliphatic carbocycles. The van der Waals surface area contributed by atoms with Crippen molar-refractivity contribution in [3.63, 3.8) is 0 Å². The van der Waals surface area contributed by atoms with Crippen LogP contribution in [0.15, 0.2) is 36.4 Å². The Morgan fingerprint density at radius 1 is 0.864 bits per heavy atom. The van der Waals surface area contributed by atoms with Gasteiger partial charge in [0.1, 0.15) is 0 Å². The van der Waals surface area contributed by atoms with E-state index in [-0.39, 0.29) is 0 Å². The van der Waals surface area contributed by atoms with Crippen LogP contribution in [-0.4, -0.2) is 21.3 Å². The van der Waals surface area contributed by atoms with Gasteiger partial charge in [-0.2, -0.15) is 0 Å². The van der Waals surface area contributed by atoms with Crippen molar-refractivity contribution in [3.05, 3.63) is 53.1 Å². The van der Waals surface area contributed by atoms with Gasteiger partial charge < -0.3 is 19.5 Å². The van der Waals surface area contributed by atoms with Crippen molar-refractivity contribution in [2.24, 2.45) is 0 Å². The maximum atomic E-state index is 5.37. The van der Waals surface area contributed by atoms with Gasteiger partial charge in [0.15, 0.2) is 11.5 Å². The maximum absolute atomic E-state index is 5.37. The summed E-state index contributed by atoms with van der Waals surface area (Å²) < 4.78 is 16.1. The zero-order valence-electron chi connectivity index (χ0n) is 13.6. The minimum atomic E-state index is 0.618. The van der Waals surface area contributed by atoms with Crippen LogP contribution in [0.3, 0.4) is 0 Å². The van der Waals surface area contributed by atoms with Crippen LogP contribution in [0.4, 0.5) is 0 Å². The number of aryl methyl sites for hydroxylation is 1. The average molecular weight is 301 g/mol. The third-order valence-corrected chi connectivity index (χ3v) is 3.63. The first-order valence-electron chi connectivity index (χ1n) is 7.23. The van der Waals surface area contributed by atoms with Crippen LogP contribution in [0.5, 0.6) is 17.2 Å². The van der Waals surface area contributed by atoms with Crippen molar-refractivity contribution < 1.29 is 14.2 Å². The number of hydrogen-bond donors (Lipinski definition) is 1. The summed E-state index contributed by atoms with van der Waals surface area (Å²) in [5, 5.41) is 3.45. The van der Waals surface area contributed by atoms with E-state index >= 15 is 0 Å². The van der Waals surface area contributed by atoms with Crippen LogP contribution in [-0.2, 0) is 13.1 Å². The van der Waals surface area contributed by atoms with E-state index in [1.165, 1.54) is 11.1 Å². The number of rotatable bonds is 7. The van der Waals surface area contributed by atoms with Crippen LogP contribution >= 0.6 is 0 Å². The first-order valence-corrected chi connectivity index (χ1v) is 7.23. The predicted molar refractivity (Wildman–Crippen MR) is 87.8 cm³/mol. The molecule has 0 atom stereocenters. The van der Waals surface area contributed by atoms with E-state index in [0.29, 0.717) is 17.2 Å². The van der Waals surface area contributed by atoms with E-state index in [2.05, 4.69) is 36.5 Å². The number of nitrogens with one attached hydrogen (secondary N) is 1. The fourth-order valence-corrected chi connectivity index (χ4v) is 2.39. The van der Waals surface area contributed by atoms with Gasteiger partial charge >= 0.3 is 0 Å². The highest BCUT2D eigenvalue weighted by atomic mass is 16.5. The molecule has 118 valence electrons. The lowest BCUT2D eigenvalue weighted by atomic mass is 10.1. The van der Waals surface area contributed by atoms with E-state index in [1.54, 1.807) is 21.3 Å². The number of hydrogen-bond acceptors (Lipinski definition) is 4. The minimum absolute atomic E-state index is 0.618. The van der Waals surface area contributed by atoms with Crippen LogP contribution < -0.4 is 19.5 Å². The number of methoxy groups -OCH3 is 3. The Bertz CT molecular complexity index is 600. The molecule has 0 heterocycles. The molecule has 0 spiro atoms. The van der Waals surface area contributed by atoms with Crippen LogP contribution in [0.25, 0.3) is 0 Å². The third-order valence-electron chi connectivity index (χ3n) is 3.63. The fourth-order valence-electron chi connectivity index (χ4n) is 2.39.